The average molecular weight is 165 g/mol. The molecule has 0 atom stereocenters. The molecule has 2 aromatic heterocycles. The Kier molecular flexibility index (Phi) is 1.32. The molecule has 0 bridgehead atoms. The first kappa shape index (κ1) is 6.61. The average Bonchev–Trinajstić information content (AvgIpc) is 2.45. The van der Waals surface area contributed by atoms with Crippen LogP contribution in [0.1, 0.15) is 0 Å². The third-order valence-corrected chi connectivity index (χ3v) is 2.16. The maximum absolute atomic E-state index is 5.20. The second-order valence-corrected chi connectivity index (χ2v) is 2.82. The van der Waals surface area contributed by atoms with Crippen molar-refractivity contribution in [3.8, 4) is 0 Å². The molecular weight excluding hydrogens is 158 g/mol. The molecule has 2 aromatic rings. The zero-order chi connectivity index (χ0) is 7.84. The largest absolute Gasteiger partial charge is 0.461 e. The van der Waals surface area contributed by atoms with Gasteiger partial charge in [-0.2, -0.15) is 0 Å². The number of hydrogen-bond acceptors (Lipinski definition) is 2. The summed E-state index contributed by atoms with van der Waals surface area (Å²) >= 11 is 5.12. The van der Waals surface area contributed by atoms with Crippen LogP contribution in [-0.2, 0) is 7.05 Å². The van der Waals surface area contributed by atoms with Crippen molar-refractivity contribution in [3.05, 3.63) is 29.2 Å². The van der Waals surface area contributed by atoms with Gasteiger partial charge in [0.05, 0.1) is 6.26 Å². The van der Waals surface area contributed by atoms with Crippen LogP contribution in [0.15, 0.2) is 29.0 Å². The Labute approximate surface area is 69.1 Å². The molecule has 2 heterocycles. The standard InChI is InChI=1S/C8H7NOS/c1-9-4-2-6-3-5-10-7(6)8(9)11/h2-5H,1H3. The number of fused-ring (bicyclic) bond motifs is 1. The van der Waals surface area contributed by atoms with E-state index >= 15 is 0 Å². The molecule has 0 amide bonds. The Hall–Kier alpha value is -1.09. The summed E-state index contributed by atoms with van der Waals surface area (Å²) < 4.78 is 7.81. The number of pyridine rings is 1. The van der Waals surface area contributed by atoms with Gasteiger partial charge in [-0.05, 0) is 12.1 Å². The fourth-order valence-electron chi connectivity index (χ4n) is 1.04. The van der Waals surface area contributed by atoms with Gasteiger partial charge < -0.3 is 8.98 Å². The first-order valence-electron chi connectivity index (χ1n) is 3.32. The van der Waals surface area contributed by atoms with Gasteiger partial charge in [-0.25, -0.2) is 0 Å². The van der Waals surface area contributed by atoms with Crippen LogP contribution in [0.5, 0.6) is 0 Å². The van der Waals surface area contributed by atoms with Crippen molar-refractivity contribution in [1.29, 1.82) is 0 Å². The third kappa shape index (κ3) is 0.886. The molecule has 2 rings (SSSR count). The van der Waals surface area contributed by atoms with E-state index in [9.17, 15) is 0 Å². The van der Waals surface area contributed by atoms with E-state index in [1.54, 1.807) is 6.26 Å². The molecule has 0 unspecified atom stereocenters. The topological polar surface area (TPSA) is 18.1 Å². The van der Waals surface area contributed by atoms with Gasteiger partial charge in [-0.1, -0.05) is 12.2 Å². The van der Waals surface area contributed by atoms with Crippen molar-refractivity contribution in [1.82, 2.24) is 4.57 Å². The Balaban J connectivity index is 3.05. The lowest BCUT2D eigenvalue weighted by atomic mass is 10.3. The summed E-state index contributed by atoms with van der Waals surface area (Å²) in [6.07, 6.45) is 3.58. The van der Waals surface area contributed by atoms with E-state index in [1.165, 1.54) is 0 Å². The van der Waals surface area contributed by atoms with Gasteiger partial charge in [0.25, 0.3) is 0 Å². The molecule has 0 spiro atoms. The first-order valence-corrected chi connectivity index (χ1v) is 3.73. The lowest BCUT2D eigenvalue weighted by molar-refractivity contribution is 0.609. The highest BCUT2D eigenvalue weighted by molar-refractivity contribution is 7.71. The van der Waals surface area contributed by atoms with Crippen molar-refractivity contribution in [2.45, 2.75) is 0 Å². The van der Waals surface area contributed by atoms with Gasteiger partial charge in [0.2, 0.25) is 0 Å². The highest BCUT2D eigenvalue weighted by Gasteiger charge is 1.97. The van der Waals surface area contributed by atoms with Crippen LogP contribution in [0.3, 0.4) is 0 Å². The molecule has 0 saturated carbocycles. The minimum absolute atomic E-state index is 0.743. The van der Waals surface area contributed by atoms with Crippen LogP contribution in [0, 0.1) is 4.64 Å². The quantitative estimate of drug-likeness (QED) is 0.558. The van der Waals surface area contributed by atoms with Gasteiger partial charge in [-0.15, -0.1) is 0 Å². The molecule has 0 fully saturated rings. The summed E-state index contributed by atoms with van der Waals surface area (Å²) in [5.41, 5.74) is 0.796. The monoisotopic (exact) mass is 165 g/mol. The number of rotatable bonds is 0. The number of furan rings is 1. The van der Waals surface area contributed by atoms with Crippen molar-refractivity contribution in [2.24, 2.45) is 7.05 Å². The lowest BCUT2D eigenvalue weighted by Gasteiger charge is -1.95. The van der Waals surface area contributed by atoms with Gasteiger partial charge in [0, 0.05) is 18.6 Å². The van der Waals surface area contributed by atoms with Crippen LogP contribution in [0.2, 0.25) is 0 Å². The molecule has 0 saturated heterocycles. The summed E-state index contributed by atoms with van der Waals surface area (Å²) in [6.45, 7) is 0. The van der Waals surface area contributed by atoms with Crippen molar-refractivity contribution in [2.75, 3.05) is 0 Å². The van der Waals surface area contributed by atoms with Gasteiger partial charge in [0.15, 0.2) is 5.58 Å². The summed E-state index contributed by atoms with van der Waals surface area (Å²) in [6, 6.07) is 3.89. The zero-order valence-corrected chi connectivity index (χ0v) is 6.89. The third-order valence-electron chi connectivity index (χ3n) is 1.69. The van der Waals surface area contributed by atoms with Crippen molar-refractivity contribution in [3.63, 3.8) is 0 Å². The Morgan fingerprint density at radius 2 is 2.27 bits per heavy atom. The zero-order valence-electron chi connectivity index (χ0n) is 6.07. The fraction of sp³-hybridized carbons (Fsp3) is 0.125. The second-order valence-electron chi connectivity index (χ2n) is 2.44. The maximum atomic E-state index is 5.20. The Morgan fingerprint density at radius 1 is 1.45 bits per heavy atom. The minimum Gasteiger partial charge on any atom is -0.461 e. The lowest BCUT2D eigenvalue weighted by Crippen LogP contribution is -1.89. The molecule has 0 aliphatic heterocycles. The predicted molar refractivity (Wildman–Crippen MR) is 46.0 cm³/mol. The van der Waals surface area contributed by atoms with Gasteiger partial charge >= 0.3 is 0 Å². The molecule has 2 nitrogen and oxygen atoms in total. The number of aryl methyl sites for hydroxylation is 1. The van der Waals surface area contributed by atoms with E-state index in [0.29, 0.717) is 0 Å². The minimum atomic E-state index is 0.743. The van der Waals surface area contributed by atoms with Crippen molar-refractivity contribution < 1.29 is 4.42 Å². The van der Waals surface area contributed by atoms with E-state index < -0.39 is 0 Å². The normalized spacial score (nSPS) is 10.6. The predicted octanol–water partition coefficient (Wildman–Crippen LogP) is 2.50. The Bertz CT molecular complexity index is 441. The van der Waals surface area contributed by atoms with E-state index in [1.807, 2.05) is 29.9 Å². The molecule has 3 heteroatoms. The molecular formula is C8H7NOS. The van der Waals surface area contributed by atoms with E-state index in [4.69, 9.17) is 16.6 Å². The van der Waals surface area contributed by atoms with Crippen LogP contribution >= 0.6 is 12.2 Å². The molecule has 0 radical (unpaired) electrons. The summed E-state index contributed by atoms with van der Waals surface area (Å²) in [5, 5.41) is 1.06. The first-order chi connectivity index (χ1) is 5.29. The van der Waals surface area contributed by atoms with Gasteiger partial charge in [0.1, 0.15) is 4.64 Å². The van der Waals surface area contributed by atoms with E-state index in [0.717, 1.165) is 15.6 Å². The van der Waals surface area contributed by atoms with Crippen LogP contribution < -0.4 is 0 Å². The van der Waals surface area contributed by atoms with Crippen LogP contribution in [0.25, 0.3) is 11.0 Å². The molecule has 0 N–H and O–H groups in total. The Morgan fingerprint density at radius 3 is 3.09 bits per heavy atom. The molecule has 0 aliphatic rings. The highest BCUT2D eigenvalue weighted by atomic mass is 32.1. The van der Waals surface area contributed by atoms with Gasteiger partial charge in [-0.3, -0.25) is 0 Å². The summed E-state index contributed by atoms with van der Waals surface area (Å²) in [5.74, 6) is 0. The maximum Gasteiger partial charge on any atom is 0.168 e. The summed E-state index contributed by atoms with van der Waals surface area (Å²) in [4.78, 5) is 0. The number of aromatic nitrogens is 1. The number of nitrogens with zero attached hydrogens (tertiary/aromatic N) is 1. The molecule has 0 aromatic carbocycles. The van der Waals surface area contributed by atoms with E-state index in [2.05, 4.69) is 0 Å². The molecule has 11 heavy (non-hydrogen) atoms. The summed E-state index contributed by atoms with van der Waals surface area (Å²) in [7, 11) is 1.91. The van der Waals surface area contributed by atoms with Crippen molar-refractivity contribution >= 4 is 23.2 Å². The second kappa shape index (κ2) is 2.20. The molecule has 56 valence electrons. The molecule has 0 aliphatic carbocycles. The highest BCUT2D eigenvalue weighted by Crippen LogP contribution is 2.15. The fourth-order valence-corrected chi connectivity index (χ4v) is 1.27. The smallest absolute Gasteiger partial charge is 0.168 e. The van der Waals surface area contributed by atoms with E-state index in [-0.39, 0.29) is 0 Å². The SMILES string of the molecule is Cn1ccc2ccoc2c1=S. The number of hydrogen-bond donors (Lipinski definition) is 0. The van der Waals surface area contributed by atoms with Crippen LogP contribution in [0.4, 0.5) is 0 Å². The van der Waals surface area contributed by atoms with Crippen LogP contribution in [-0.4, -0.2) is 4.57 Å².